The van der Waals surface area contributed by atoms with Gasteiger partial charge in [0.25, 0.3) is 10.0 Å². The molecule has 0 spiro atoms. The summed E-state index contributed by atoms with van der Waals surface area (Å²) in [6.45, 7) is 5.48. The lowest BCUT2D eigenvalue weighted by Crippen LogP contribution is -2.53. The lowest BCUT2D eigenvalue weighted by molar-refractivity contribution is -0.139. The van der Waals surface area contributed by atoms with Gasteiger partial charge in [-0.25, -0.2) is 8.42 Å². The monoisotopic (exact) mass is 583 g/mol. The molecule has 0 unspecified atom stereocenters. The highest BCUT2D eigenvalue weighted by molar-refractivity contribution is 7.92. The Labute approximate surface area is 248 Å². The summed E-state index contributed by atoms with van der Waals surface area (Å²) in [4.78, 5) is 29.2. The average molecular weight is 584 g/mol. The van der Waals surface area contributed by atoms with Crippen molar-refractivity contribution in [2.24, 2.45) is 0 Å². The van der Waals surface area contributed by atoms with Gasteiger partial charge in [-0.1, -0.05) is 84.4 Å². The molecule has 1 N–H and O–H groups in total. The molecule has 2 amide bonds. The van der Waals surface area contributed by atoms with Gasteiger partial charge in [0.2, 0.25) is 11.8 Å². The number of rotatable bonds is 11. The molecule has 0 radical (unpaired) electrons. The minimum absolute atomic E-state index is 0.0771. The van der Waals surface area contributed by atoms with Crippen LogP contribution >= 0.6 is 0 Å². The Hall–Kier alpha value is -4.43. The Morgan fingerprint density at radius 2 is 1.38 bits per heavy atom. The van der Waals surface area contributed by atoms with Crippen LogP contribution < -0.4 is 9.62 Å². The largest absolute Gasteiger partial charge is 0.357 e. The van der Waals surface area contributed by atoms with Gasteiger partial charge in [0, 0.05) is 20.0 Å². The molecule has 4 aromatic rings. The first-order chi connectivity index (χ1) is 20.1. The Kier molecular flexibility index (Phi) is 9.80. The first-order valence-electron chi connectivity index (χ1n) is 13.9. The standard InChI is InChI=1S/C34H37N3O4S/c1-25-15-18-29(19-16-25)23-36(32(34(39)35-4)22-28-11-7-5-8-12-28)33(38)24-37(30-20-17-26(2)27(3)21-30)42(40,41)31-13-9-6-10-14-31/h5-21,32H,22-24H2,1-4H3,(H,35,39)/t32-/m0/s1. The van der Waals surface area contributed by atoms with E-state index >= 15 is 0 Å². The van der Waals surface area contributed by atoms with E-state index in [2.05, 4.69) is 5.32 Å². The summed E-state index contributed by atoms with van der Waals surface area (Å²) in [6, 6.07) is 29.7. The molecule has 0 bridgehead atoms. The lowest BCUT2D eigenvalue weighted by Gasteiger charge is -2.33. The van der Waals surface area contributed by atoms with Crippen molar-refractivity contribution in [3.05, 3.63) is 131 Å². The van der Waals surface area contributed by atoms with Crippen LogP contribution in [0.1, 0.15) is 27.8 Å². The number of likely N-dealkylation sites (N-methyl/N-ethyl adjacent to an activating group) is 1. The summed E-state index contributed by atoms with van der Waals surface area (Å²) in [7, 11) is -2.58. The molecule has 0 aliphatic rings. The lowest BCUT2D eigenvalue weighted by atomic mass is 10.0. The minimum atomic E-state index is -4.12. The SMILES string of the molecule is CNC(=O)[C@H](Cc1ccccc1)N(Cc1ccc(C)cc1)C(=O)CN(c1ccc(C)c(C)c1)S(=O)(=O)c1ccccc1. The molecular weight excluding hydrogens is 546 g/mol. The van der Waals surface area contributed by atoms with Crippen molar-refractivity contribution < 1.29 is 18.0 Å². The molecular formula is C34H37N3O4S. The second-order valence-corrected chi connectivity index (χ2v) is 12.3. The van der Waals surface area contributed by atoms with E-state index in [4.69, 9.17) is 0 Å². The Bertz CT molecular complexity index is 1620. The maximum absolute atomic E-state index is 14.3. The normalized spacial score (nSPS) is 11.9. The molecule has 0 saturated heterocycles. The highest BCUT2D eigenvalue weighted by atomic mass is 32.2. The van der Waals surface area contributed by atoms with Gasteiger partial charge in [-0.2, -0.15) is 0 Å². The van der Waals surface area contributed by atoms with Gasteiger partial charge < -0.3 is 10.2 Å². The number of nitrogens with one attached hydrogen (secondary N) is 1. The molecule has 0 aliphatic heterocycles. The first-order valence-corrected chi connectivity index (χ1v) is 15.3. The van der Waals surface area contributed by atoms with Crippen LogP contribution in [0, 0.1) is 20.8 Å². The van der Waals surface area contributed by atoms with Crippen molar-refractivity contribution in [3.8, 4) is 0 Å². The molecule has 0 saturated carbocycles. The number of hydrogen-bond donors (Lipinski definition) is 1. The van der Waals surface area contributed by atoms with Crippen molar-refractivity contribution in [1.29, 1.82) is 0 Å². The van der Waals surface area contributed by atoms with Crippen LogP contribution in [0.4, 0.5) is 5.69 Å². The number of amides is 2. The summed E-state index contributed by atoms with van der Waals surface area (Å²) < 4.78 is 29.2. The average Bonchev–Trinajstić information content (AvgIpc) is 3.00. The second-order valence-electron chi connectivity index (χ2n) is 10.4. The summed E-state index contributed by atoms with van der Waals surface area (Å²) in [6.07, 6.45) is 0.271. The molecule has 7 nitrogen and oxygen atoms in total. The van der Waals surface area contributed by atoms with Gasteiger partial charge in [0.05, 0.1) is 10.6 Å². The zero-order valence-electron chi connectivity index (χ0n) is 24.4. The summed E-state index contributed by atoms with van der Waals surface area (Å²) >= 11 is 0. The summed E-state index contributed by atoms with van der Waals surface area (Å²) in [5.41, 5.74) is 5.07. The number of anilines is 1. The zero-order chi connectivity index (χ0) is 30.3. The third kappa shape index (κ3) is 7.25. The second kappa shape index (κ2) is 13.5. The number of carbonyl (C=O) groups is 2. The van der Waals surface area contributed by atoms with Crippen LogP contribution in [0.15, 0.2) is 108 Å². The van der Waals surface area contributed by atoms with Crippen molar-refractivity contribution in [3.63, 3.8) is 0 Å². The third-order valence-corrected chi connectivity index (χ3v) is 9.17. The molecule has 0 heterocycles. The van der Waals surface area contributed by atoms with E-state index in [0.717, 1.165) is 32.1 Å². The Balaban J connectivity index is 1.79. The van der Waals surface area contributed by atoms with Crippen LogP contribution in [-0.4, -0.2) is 44.8 Å². The molecule has 0 aliphatic carbocycles. The van der Waals surface area contributed by atoms with Gasteiger partial charge in [-0.15, -0.1) is 0 Å². The van der Waals surface area contributed by atoms with E-state index in [1.165, 1.54) is 24.1 Å². The fourth-order valence-electron chi connectivity index (χ4n) is 4.74. The molecule has 42 heavy (non-hydrogen) atoms. The minimum Gasteiger partial charge on any atom is -0.357 e. The van der Waals surface area contributed by atoms with E-state index in [1.54, 1.807) is 30.3 Å². The van der Waals surface area contributed by atoms with Crippen molar-refractivity contribution in [2.45, 2.75) is 44.7 Å². The molecule has 0 aromatic heterocycles. The number of benzene rings is 4. The van der Waals surface area contributed by atoms with Gasteiger partial charge in [-0.3, -0.25) is 13.9 Å². The molecule has 1 atom stereocenters. The number of nitrogens with zero attached hydrogens (tertiary/aromatic N) is 2. The van der Waals surface area contributed by atoms with E-state index in [9.17, 15) is 18.0 Å². The maximum Gasteiger partial charge on any atom is 0.264 e. The van der Waals surface area contributed by atoms with Crippen molar-refractivity contribution >= 4 is 27.5 Å². The summed E-state index contributed by atoms with van der Waals surface area (Å²) in [5, 5.41) is 2.71. The topological polar surface area (TPSA) is 86.8 Å². The number of sulfonamides is 1. The van der Waals surface area contributed by atoms with Gasteiger partial charge in [0.1, 0.15) is 12.6 Å². The molecule has 0 fully saturated rings. The van der Waals surface area contributed by atoms with Gasteiger partial charge in [-0.05, 0) is 67.3 Å². The fourth-order valence-corrected chi connectivity index (χ4v) is 6.17. The van der Waals surface area contributed by atoms with Crippen LogP contribution in [0.2, 0.25) is 0 Å². The highest BCUT2D eigenvalue weighted by Gasteiger charge is 2.34. The molecule has 4 rings (SSSR count). The summed E-state index contributed by atoms with van der Waals surface area (Å²) in [5.74, 6) is -0.819. The van der Waals surface area contributed by atoms with Crippen LogP contribution in [0.5, 0.6) is 0 Å². The van der Waals surface area contributed by atoms with Crippen LogP contribution in [-0.2, 0) is 32.6 Å². The smallest absolute Gasteiger partial charge is 0.264 e. The van der Waals surface area contributed by atoms with Crippen molar-refractivity contribution in [1.82, 2.24) is 10.2 Å². The van der Waals surface area contributed by atoms with Crippen molar-refractivity contribution in [2.75, 3.05) is 17.9 Å². The zero-order valence-corrected chi connectivity index (χ0v) is 25.3. The van der Waals surface area contributed by atoms with Crippen LogP contribution in [0.25, 0.3) is 0 Å². The predicted molar refractivity (Wildman–Crippen MR) is 167 cm³/mol. The van der Waals surface area contributed by atoms with E-state index < -0.39 is 28.5 Å². The molecule has 218 valence electrons. The first kappa shape index (κ1) is 30.5. The highest BCUT2D eigenvalue weighted by Crippen LogP contribution is 2.27. The Morgan fingerprint density at radius 3 is 1.98 bits per heavy atom. The number of carbonyl (C=O) groups excluding carboxylic acids is 2. The third-order valence-electron chi connectivity index (χ3n) is 7.38. The van der Waals surface area contributed by atoms with Gasteiger partial charge in [0.15, 0.2) is 0 Å². The Morgan fingerprint density at radius 1 is 0.762 bits per heavy atom. The van der Waals surface area contributed by atoms with Crippen LogP contribution in [0.3, 0.4) is 0 Å². The van der Waals surface area contributed by atoms with E-state index in [-0.39, 0.29) is 23.8 Å². The molecule has 4 aromatic carbocycles. The maximum atomic E-state index is 14.3. The number of hydrogen-bond acceptors (Lipinski definition) is 4. The quantitative estimate of drug-likeness (QED) is 0.263. The predicted octanol–water partition coefficient (Wildman–Crippen LogP) is 5.19. The molecule has 8 heteroatoms. The van der Waals surface area contributed by atoms with E-state index in [1.807, 2.05) is 81.4 Å². The fraction of sp³-hybridized carbons (Fsp3) is 0.235. The van der Waals surface area contributed by atoms with Gasteiger partial charge >= 0.3 is 0 Å². The van der Waals surface area contributed by atoms with E-state index in [0.29, 0.717) is 5.69 Å². The number of aryl methyl sites for hydroxylation is 3.